The molecular weight excluding hydrogens is 460 g/mol. The van der Waals surface area contributed by atoms with Gasteiger partial charge in [-0.25, -0.2) is 0 Å². The fraction of sp³-hybridized carbons (Fsp3) is 0.429. The SMILES string of the molecule is CCOc1ccc(C2C(=C(O)c3ccc(OC)cc3)C(=O)C(=O)N2CCN(CC)CC)cc1OCC. The van der Waals surface area contributed by atoms with Crippen LogP contribution in [0.5, 0.6) is 17.2 Å². The van der Waals surface area contributed by atoms with Gasteiger partial charge in [-0.15, -0.1) is 0 Å². The number of Topliss-reactive ketones (excluding diaryl/α,β-unsaturated/α-hetero) is 1. The van der Waals surface area contributed by atoms with E-state index in [0.717, 1.165) is 13.1 Å². The minimum atomic E-state index is -0.766. The van der Waals surface area contributed by atoms with E-state index in [-0.39, 0.29) is 11.3 Å². The molecule has 1 aliphatic heterocycles. The van der Waals surface area contributed by atoms with E-state index in [4.69, 9.17) is 14.2 Å². The number of hydrogen-bond donors (Lipinski definition) is 1. The fourth-order valence-corrected chi connectivity index (χ4v) is 4.39. The largest absolute Gasteiger partial charge is 0.507 e. The van der Waals surface area contributed by atoms with Crippen molar-refractivity contribution in [3.05, 3.63) is 59.2 Å². The molecule has 0 bridgehead atoms. The van der Waals surface area contributed by atoms with E-state index in [1.807, 2.05) is 19.9 Å². The molecule has 2 aromatic carbocycles. The zero-order chi connectivity index (χ0) is 26.2. The van der Waals surface area contributed by atoms with Crippen molar-refractivity contribution in [2.45, 2.75) is 33.7 Å². The predicted molar refractivity (Wildman–Crippen MR) is 139 cm³/mol. The van der Waals surface area contributed by atoms with E-state index in [1.54, 1.807) is 48.4 Å². The molecule has 8 nitrogen and oxygen atoms in total. The molecule has 0 radical (unpaired) electrons. The highest BCUT2D eigenvalue weighted by atomic mass is 16.5. The van der Waals surface area contributed by atoms with Crippen LogP contribution in [0.3, 0.4) is 0 Å². The molecule has 36 heavy (non-hydrogen) atoms. The second-order valence-electron chi connectivity index (χ2n) is 8.32. The van der Waals surface area contributed by atoms with Crippen LogP contribution >= 0.6 is 0 Å². The van der Waals surface area contributed by atoms with E-state index in [2.05, 4.69) is 18.7 Å². The Morgan fingerprint density at radius 2 is 1.58 bits per heavy atom. The number of ether oxygens (including phenoxy) is 3. The normalized spacial score (nSPS) is 17.1. The first-order valence-electron chi connectivity index (χ1n) is 12.4. The Hall–Kier alpha value is -3.52. The van der Waals surface area contributed by atoms with Crippen LogP contribution in [-0.2, 0) is 9.59 Å². The van der Waals surface area contributed by atoms with Crippen LogP contribution in [0.4, 0.5) is 0 Å². The third kappa shape index (κ3) is 5.65. The van der Waals surface area contributed by atoms with Crippen molar-refractivity contribution in [2.75, 3.05) is 46.5 Å². The van der Waals surface area contributed by atoms with Crippen molar-refractivity contribution >= 4 is 17.4 Å². The molecule has 2 aromatic rings. The fourth-order valence-electron chi connectivity index (χ4n) is 4.39. The Labute approximate surface area is 213 Å². The highest BCUT2D eigenvalue weighted by Crippen LogP contribution is 2.42. The molecule has 0 aliphatic carbocycles. The highest BCUT2D eigenvalue weighted by molar-refractivity contribution is 6.46. The van der Waals surface area contributed by atoms with Crippen molar-refractivity contribution < 1.29 is 28.9 Å². The quantitative estimate of drug-likeness (QED) is 0.267. The van der Waals surface area contributed by atoms with Crippen LogP contribution in [0.25, 0.3) is 5.76 Å². The molecule has 1 fully saturated rings. The number of aliphatic hydroxyl groups excluding tert-OH is 1. The van der Waals surface area contributed by atoms with Crippen LogP contribution in [0.2, 0.25) is 0 Å². The van der Waals surface area contributed by atoms with Crippen molar-refractivity contribution in [1.82, 2.24) is 9.80 Å². The van der Waals surface area contributed by atoms with E-state index in [0.29, 0.717) is 54.7 Å². The average Bonchev–Trinajstić information content (AvgIpc) is 3.15. The van der Waals surface area contributed by atoms with Crippen molar-refractivity contribution in [3.8, 4) is 17.2 Å². The summed E-state index contributed by atoms with van der Waals surface area (Å²) in [6.07, 6.45) is 0. The standard InChI is InChI=1S/C28H36N2O6/c1-6-29(7-2)16-17-30-25(20-12-15-22(35-8-3)23(18-20)36-9-4)24(27(32)28(30)33)26(31)19-10-13-21(34-5)14-11-19/h10-15,18,25,31H,6-9,16-17H2,1-5H3. The van der Waals surface area contributed by atoms with E-state index in [9.17, 15) is 14.7 Å². The van der Waals surface area contributed by atoms with Crippen molar-refractivity contribution in [2.24, 2.45) is 0 Å². The summed E-state index contributed by atoms with van der Waals surface area (Å²) in [5.41, 5.74) is 1.14. The Bertz CT molecular complexity index is 1090. The monoisotopic (exact) mass is 496 g/mol. The Balaban J connectivity index is 2.14. The van der Waals surface area contributed by atoms with Gasteiger partial charge in [-0.1, -0.05) is 19.9 Å². The topological polar surface area (TPSA) is 88.5 Å². The summed E-state index contributed by atoms with van der Waals surface area (Å²) in [5, 5.41) is 11.3. The third-order valence-corrected chi connectivity index (χ3v) is 6.34. The van der Waals surface area contributed by atoms with Gasteiger partial charge in [-0.2, -0.15) is 0 Å². The number of likely N-dealkylation sites (tertiary alicyclic amines) is 1. The van der Waals surface area contributed by atoms with Gasteiger partial charge in [0.25, 0.3) is 11.7 Å². The molecule has 1 unspecified atom stereocenters. The molecule has 0 aromatic heterocycles. The Morgan fingerprint density at radius 1 is 0.944 bits per heavy atom. The number of ketones is 1. The number of carbonyl (C=O) groups excluding carboxylic acids is 2. The molecule has 1 amide bonds. The van der Waals surface area contributed by atoms with Crippen LogP contribution in [0.1, 0.15) is 44.9 Å². The van der Waals surface area contributed by atoms with Crippen molar-refractivity contribution in [1.29, 1.82) is 0 Å². The van der Waals surface area contributed by atoms with Gasteiger partial charge in [0.2, 0.25) is 0 Å². The van der Waals surface area contributed by atoms with Crippen LogP contribution < -0.4 is 14.2 Å². The molecule has 1 N–H and O–H groups in total. The van der Waals surface area contributed by atoms with Gasteiger partial charge in [0.05, 0.1) is 31.9 Å². The number of aliphatic hydroxyl groups is 1. The molecule has 8 heteroatoms. The first kappa shape index (κ1) is 27.1. The minimum Gasteiger partial charge on any atom is -0.507 e. The Kier molecular flexibility index (Phi) is 9.36. The van der Waals surface area contributed by atoms with Gasteiger partial charge < -0.3 is 29.1 Å². The molecule has 194 valence electrons. The molecule has 0 spiro atoms. The number of benzene rings is 2. The first-order valence-corrected chi connectivity index (χ1v) is 12.4. The zero-order valence-electron chi connectivity index (χ0n) is 21.7. The lowest BCUT2D eigenvalue weighted by atomic mass is 9.95. The molecular formula is C28H36N2O6. The van der Waals surface area contributed by atoms with Gasteiger partial charge in [-0.05, 0) is 68.9 Å². The maximum absolute atomic E-state index is 13.3. The van der Waals surface area contributed by atoms with E-state index >= 15 is 0 Å². The van der Waals surface area contributed by atoms with Gasteiger partial charge in [-0.3, -0.25) is 9.59 Å². The van der Waals surface area contributed by atoms with Crippen LogP contribution in [0, 0.1) is 0 Å². The molecule has 1 saturated heterocycles. The summed E-state index contributed by atoms with van der Waals surface area (Å²) >= 11 is 0. The number of likely N-dealkylation sites (N-methyl/N-ethyl adjacent to an activating group) is 1. The maximum atomic E-state index is 13.3. The molecule has 1 aliphatic rings. The average molecular weight is 497 g/mol. The van der Waals surface area contributed by atoms with Crippen molar-refractivity contribution in [3.63, 3.8) is 0 Å². The predicted octanol–water partition coefficient (Wildman–Crippen LogP) is 4.26. The zero-order valence-corrected chi connectivity index (χ0v) is 21.7. The number of hydrogen-bond acceptors (Lipinski definition) is 7. The van der Waals surface area contributed by atoms with E-state index in [1.165, 1.54) is 0 Å². The summed E-state index contributed by atoms with van der Waals surface area (Å²) in [4.78, 5) is 30.3. The summed E-state index contributed by atoms with van der Waals surface area (Å²) in [6.45, 7) is 11.4. The van der Waals surface area contributed by atoms with Gasteiger partial charge in [0.1, 0.15) is 11.5 Å². The van der Waals surface area contributed by atoms with Gasteiger partial charge >= 0.3 is 0 Å². The number of methoxy groups -OCH3 is 1. The molecule has 1 atom stereocenters. The number of nitrogens with zero attached hydrogens (tertiary/aromatic N) is 2. The smallest absolute Gasteiger partial charge is 0.295 e. The molecule has 3 rings (SSSR count). The highest BCUT2D eigenvalue weighted by Gasteiger charge is 2.46. The van der Waals surface area contributed by atoms with Crippen LogP contribution in [0.15, 0.2) is 48.0 Å². The van der Waals surface area contributed by atoms with Gasteiger partial charge in [0, 0.05) is 18.7 Å². The van der Waals surface area contributed by atoms with E-state index < -0.39 is 17.7 Å². The lowest BCUT2D eigenvalue weighted by Gasteiger charge is -2.28. The lowest BCUT2D eigenvalue weighted by Crippen LogP contribution is -2.38. The Morgan fingerprint density at radius 3 is 2.17 bits per heavy atom. The third-order valence-electron chi connectivity index (χ3n) is 6.34. The second kappa shape index (κ2) is 12.4. The second-order valence-corrected chi connectivity index (χ2v) is 8.32. The van der Waals surface area contributed by atoms with Gasteiger partial charge in [0.15, 0.2) is 11.5 Å². The summed E-state index contributed by atoms with van der Waals surface area (Å²) in [6, 6.07) is 11.3. The summed E-state index contributed by atoms with van der Waals surface area (Å²) < 4.78 is 16.7. The summed E-state index contributed by atoms with van der Waals surface area (Å²) in [5.74, 6) is 0.163. The number of rotatable bonds is 12. The number of amides is 1. The number of carbonyl (C=O) groups is 2. The van der Waals surface area contributed by atoms with Crippen LogP contribution in [-0.4, -0.2) is 73.1 Å². The molecule has 1 heterocycles. The summed E-state index contributed by atoms with van der Waals surface area (Å²) in [7, 11) is 1.55. The maximum Gasteiger partial charge on any atom is 0.295 e. The lowest BCUT2D eigenvalue weighted by molar-refractivity contribution is -0.140. The molecule has 0 saturated carbocycles. The first-order chi connectivity index (χ1) is 17.4. The minimum absolute atomic E-state index is 0.0522.